The summed E-state index contributed by atoms with van der Waals surface area (Å²) < 4.78 is 0. The molecule has 0 radical (unpaired) electrons. The van der Waals surface area contributed by atoms with E-state index < -0.39 is 0 Å². The summed E-state index contributed by atoms with van der Waals surface area (Å²) in [7, 11) is 2.13. The Bertz CT molecular complexity index is 661. The highest BCUT2D eigenvalue weighted by atomic mass is 16.1. The summed E-state index contributed by atoms with van der Waals surface area (Å²) in [4.78, 5) is 25.4. The first-order valence-corrected chi connectivity index (χ1v) is 7.84. The Kier molecular flexibility index (Phi) is 4.83. The number of likely N-dealkylation sites (N-methyl/N-ethyl adjacent to an activating group) is 1. The smallest absolute Gasteiger partial charge is 0.274 e. The molecule has 1 saturated heterocycles. The van der Waals surface area contributed by atoms with Crippen molar-refractivity contribution in [3.63, 3.8) is 0 Å². The van der Waals surface area contributed by atoms with Gasteiger partial charge in [0.1, 0.15) is 11.5 Å². The first-order chi connectivity index (χ1) is 11.2. The highest BCUT2D eigenvalue weighted by molar-refractivity contribution is 6.03. The van der Waals surface area contributed by atoms with Crippen LogP contribution in [0, 0.1) is 0 Å². The first kappa shape index (κ1) is 15.4. The molecule has 6 heteroatoms. The van der Waals surface area contributed by atoms with Crippen LogP contribution in [0.5, 0.6) is 0 Å². The molecule has 0 atom stereocenters. The van der Waals surface area contributed by atoms with Gasteiger partial charge in [-0.2, -0.15) is 0 Å². The third-order valence-corrected chi connectivity index (χ3v) is 3.95. The van der Waals surface area contributed by atoms with Crippen LogP contribution < -0.4 is 10.2 Å². The minimum absolute atomic E-state index is 0.204. The van der Waals surface area contributed by atoms with Gasteiger partial charge in [0.2, 0.25) is 0 Å². The monoisotopic (exact) mass is 311 g/mol. The maximum atomic E-state index is 12.3. The highest BCUT2D eigenvalue weighted by Crippen LogP contribution is 2.15. The average Bonchev–Trinajstić information content (AvgIpc) is 2.80. The van der Waals surface area contributed by atoms with Gasteiger partial charge in [0.05, 0.1) is 0 Å². The van der Waals surface area contributed by atoms with Crippen LogP contribution in [-0.2, 0) is 0 Å². The van der Waals surface area contributed by atoms with Gasteiger partial charge in [0, 0.05) is 37.7 Å². The molecule has 1 aliphatic heterocycles. The van der Waals surface area contributed by atoms with Crippen molar-refractivity contribution in [2.45, 2.75) is 6.42 Å². The fourth-order valence-electron chi connectivity index (χ4n) is 2.63. The van der Waals surface area contributed by atoms with Crippen LogP contribution in [0.2, 0.25) is 0 Å². The van der Waals surface area contributed by atoms with Crippen molar-refractivity contribution in [3.8, 4) is 0 Å². The van der Waals surface area contributed by atoms with Crippen LogP contribution >= 0.6 is 0 Å². The number of carbonyl (C=O) groups excluding carboxylic acids is 1. The molecule has 0 spiro atoms. The van der Waals surface area contributed by atoms with Crippen molar-refractivity contribution in [1.82, 2.24) is 14.9 Å². The molecule has 1 aliphatic rings. The number of amides is 1. The molecule has 23 heavy (non-hydrogen) atoms. The predicted molar refractivity (Wildman–Crippen MR) is 90.8 cm³/mol. The van der Waals surface area contributed by atoms with Crippen LogP contribution in [0.15, 0.2) is 42.7 Å². The molecule has 120 valence electrons. The number of anilines is 2. The highest BCUT2D eigenvalue weighted by Gasteiger charge is 2.15. The molecule has 6 nitrogen and oxygen atoms in total. The lowest BCUT2D eigenvalue weighted by Crippen LogP contribution is -2.29. The number of rotatable bonds is 3. The van der Waals surface area contributed by atoms with E-state index in [0.717, 1.165) is 38.4 Å². The zero-order valence-corrected chi connectivity index (χ0v) is 13.3. The van der Waals surface area contributed by atoms with Crippen molar-refractivity contribution in [2.24, 2.45) is 0 Å². The maximum Gasteiger partial charge on any atom is 0.274 e. The summed E-state index contributed by atoms with van der Waals surface area (Å²) >= 11 is 0. The van der Waals surface area contributed by atoms with Crippen LogP contribution in [-0.4, -0.2) is 54.0 Å². The summed E-state index contributed by atoms with van der Waals surface area (Å²) in [5, 5.41) is 2.84. The minimum atomic E-state index is -0.204. The van der Waals surface area contributed by atoms with Gasteiger partial charge in [0.25, 0.3) is 5.91 Å². The number of hydrogen-bond acceptors (Lipinski definition) is 5. The molecule has 3 rings (SSSR count). The van der Waals surface area contributed by atoms with Crippen LogP contribution in [0.4, 0.5) is 11.5 Å². The Morgan fingerprint density at radius 1 is 1.09 bits per heavy atom. The molecule has 0 unspecified atom stereocenters. The van der Waals surface area contributed by atoms with E-state index in [1.807, 2.05) is 12.1 Å². The van der Waals surface area contributed by atoms with Crippen molar-refractivity contribution < 1.29 is 4.79 Å². The van der Waals surface area contributed by atoms with Gasteiger partial charge >= 0.3 is 0 Å². The molecule has 1 N–H and O–H groups in total. The number of pyridine rings is 2. The Balaban J connectivity index is 1.73. The standard InChI is InChI=1S/C17H21N5O/c1-21-10-3-11-22(13-12-21)16-5-2-4-15(20-16)17(23)19-14-6-8-18-9-7-14/h2,4-9H,3,10-13H2,1H3,(H,18,19,23). The lowest BCUT2D eigenvalue weighted by atomic mass is 10.3. The van der Waals surface area contributed by atoms with Crippen LogP contribution in [0.25, 0.3) is 0 Å². The van der Waals surface area contributed by atoms with E-state index in [9.17, 15) is 4.79 Å². The zero-order valence-electron chi connectivity index (χ0n) is 13.3. The largest absolute Gasteiger partial charge is 0.355 e. The molecule has 1 fully saturated rings. The number of nitrogens with one attached hydrogen (secondary N) is 1. The number of nitrogens with zero attached hydrogens (tertiary/aromatic N) is 4. The first-order valence-electron chi connectivity index (χ1n) is 7.84. The minimum Gasteiger partial charge on any atom is -0.355 e. The average molecular weight is 311 g/mol. The van der Waals surface area contributed by atoms with Crippen LogP contribution in [0.3, 0.4) is 0 Å². The normalized spacial score (nSPS) is 16.0. The molecule has 2 aromatic rings. The van der Waals surface area contributed by atoms with Crippen molar-refractivity contribution in [3.05, 3.63) is 48.4 Å². The second kappa shape index (κ2) is 7.19. The molecule has 0 aromatic carbocycles. The van der Waals surface area contributed by atoms with E-state index in [1.165, 1.54) is 0 Å². The number of hydrogen-bond donors (Lipinski definition) is 1. The van der Waals surface area contributed by atoms with E-state index in [2.05, 4.69) is 32.1 Å². The van der Waals surface area contributed by atoms with Gasteiger partial charge < -0.3 is 15.1 Å². The van der Waals surface area contributed by atoms with Gasteiger partial charge in [-0.25, -0.2) is 4.98 Å². The molecule has 0 saturated carbocycles. The number of carbonyl (C=O) groups is 1. The van der Waals surface area contributed by atoms with Crippen LogP contribution in [0.1, 0.15) is 16.9 Å². The Labute approximate surface area is 136 Å². The lowest BCUT2D eigenvalue weighted by Gasteiger charge is -2.22. The van der Waals surface area contributed by atoms with Gasteiger partial charge in [-0.3, -0.25) is 9.78 Å². The summed E-state index contributed by atoms with van der Waals surface area (Å²) in [5.74, 6) is 0.660. The van der Waals surface area contributed by atoms with Crippen molar-refractivity contribution in [2.75, 3.05) is 43.4 Å². The molecule has 2 aromatic heterocycles. The molecule has 0 bridgehead atoms. The van der Waals surface area contributed by atoms with Gasteiger partial charge in [-0.15, -0.1) is 0 Å². The summed E-state index contributed by atoms with van der Waals surface area (Å²) in [6, 6.07) is 9.11. The second-order valence-electron chi connectivity index (χ2n) is 5.71. The third kappa shape index (κ3) is 4.04. The van der Waals surface area contributed by atoms with Gasteiger partial charge in [-0.1, -0.05) is 6.07 Å². The Morgan fingerprint density at radius 3 is 2.74 bits per heavy atom. The molecular weight excluding hydrogens is 290 g/mol. The Hall–Kier alpha value is -2.47. The van der Waals surface area contributed by atoms with Crippen molar-refractivity contribution >= 4 is 17.4 Å². The SMILES string of the molecule is CN1CCCN(c2cccc(C(=O)Nc3ccncc3)n2)CC1. The van der Waals surface area contributed by atoms with Gasteiger partial charge in [0.15, 0.2) is 0 Å². The van der Waals surface area contributed by atoms with E-state index in [0.29, 0.717) is 11.4 Å². The molecule has 3 heterocycles. The van der Waals surface area contributed by atoms with Crippen molar-refractivity contribution in [1.29, 1.82) is 0 Å². The van der Waals surface area contributed by atoms with Gasteiger partial charge in [-0.05, 0) is 44.3 Å². The van der Waals surface area contributed by atoms with E-state index in [1.54, 1.807) is 30.6 Å². The molecule has 1 amide bonds. The van der Waals surface area contributed by atoms with E-state index in [-0.39, 0.29) is 5.91 Å². The predicted octanol–water partition coefficient (Wildman–Crippen LogP) is 1.87. The topological polar surface area (TPSA) is 61.4 Å². The molecule has 0 aliphatic carbocycles. The zero-order chi connectivity index (χ0) is 16.1. The Morgan fingerprint density at radius 2 is 1.91 bits per heavy atom. The fraction of sp³-hybridized carbons (Fsp3) is 0.353. The number of aromatic nitrogens is 2. The third-order valence-electron chi connectivity index (χ3n) is 3.95. The summed E-state index contributed by atoms with van der Waals surface area (Å²) in [5.41, 5.74) is 1.14. The fourth-order valence-corrected chi connectivity index (χ4v) is 2.63. The summed E-state index contributed by atoms with van der Waals surface area (Å²) in [6.45, 7) is 4.00. The molecular formula is C17H21N5O. The summed E-state index contributed by atoms with van der Waals surface area (Å²) in [6.07, 6.45) is 4.39. The quantitative estimate of drug-likeness (QED) is 0.937. The van der Waals surface area contributed by atoms with E-state index in [4.69, 9.17) is 0 Å². The van der Waals surface area contributed by atoms with E-state index >= 15 is 0 Å². The maximum absolute atomic E-state index is 12.3. The second-order valence-corrected chi connectivity index (χ2v) is 5.71. The lowest BCUT2D eigenvalue weighted by molar-refractivity contribution is 0.102.